The second kappa shape index (κ2) is 6.48. The number of nitrogens with zero attached hydrogens (tertiary/aromatic N) is 1. The second-order valence-electron chi connectivity index (χ2n) is 4.04. The molecule has 2 atom stereocenters. The van der Waals surface area contributed by atoms with E-state index >= 15 is 0 Å². The van der Waals surface area contributed by atoms with E-state index in [0.717, 1.165) is 39.0 Å². The van der Waals surface area contributed by atoms with Crippen LogP contribution in [-0.4, -0.2) is 41.4 Å². The summed E-state index contributed by atoms with van der Waals surface area (Å²) in [6, 6.07) is 0. The van der Waals surface area contributed by atoms with E-state index in [1.54, 1.807) is 0 Å². The van der Waals surface area contributed by atoms with Gasteiger partial charge in [0, 0.05) is 19.7 Å². The van der Waals surface area contributed by atoms with Crippen molar-refractivity contribution in [2.75, 3.05) is 19.7 Å². The number of likely N-dealkylation sites (tertiary alicyclic amines) is 1. The number of hydrogen-bond acceptors (Lipinski definition) is 2. The first kappa shape index (κ1) is 13.0. The highest BCUT2D eigenvalue weighted by Gasteiger charge is 2.25. The molecule has 1 heterocycles. The molecule has 88 valence electrons. The molecule has 1 saturated heterocycles. The topological polar surface area (TPSA) is 29.5 Å². The molecule has 1 aliphatic heterocycles. The minimum absolute atomic E-state index is 0.0811. The monoisotopic (exact) mass is 277 g/mol. The van der Waals surface area contributed by atoms with Gasteiger partial charge < -0.3 is 9.64 Å². The van der Waals surface area contributed by atoms with Crippen molar-refractivity contribution in [3.8, 4) is 0 Å². The third kappa shape index (κ3) is 4.11. The van der Waals surface area contributed by atoms with Gasteiger partial charge in [0.05, 0.1) is 10.9 Å². The molecular formula is C11H20BrNO2. The summed E-state index contributed by atoms with van der Waals surface area (Å²) in [4.78, 5) is 13.6. The average Bonchev–Trinajstić information content (AvgIpc) is 2.25. The number of alkyl halides is 1. The quantitative estimate of drug-likeness (QED) is 0.738. The molecule has 1 amide bonds. The zero-order chi connectivity index (χ0) is 11.3. The first-order valence-corrected chi connectivity index (χ1v) is 6.61. The predicted molar refractivity (Wildman–Crippen MR) is 64.2 cm³/mol. The van der Waals surface area contributed by atoms with Crippen LogP contribution in [0.15, 0.2) is 0 Å². The van der Waals surface area contributed by atoms with Crippen LogP contribution < -0.4 is 0 Å². The third-order valence-corrected chi connectivity index (χ3v) is 2.98. The number of hydrogen-bond donors (Lipinski definition) is 0. The zero-order valence-corrected chi connectivity index (χ0v) is 11.1. The molecule has 0 aromatic rings. The molecule has 0 saturated carbocycles. The molecule has 0 bridgehead atoms. The van der Waals surface area contributed by atoms with Crippen molar-refractivity contribution < 1.29 is 9.53 Å². The second-order valence-corrected chi connectivity index (χ2v) is 5.41. The molecule has 1 fully saturated rings. The zero-order valence-electron chi connectivity index (χ0n) is 9.54. The molecule has 15 heavy (non-hydrogen) atoms. The van der Waals surface area contributed by atoms with E-state index in [-0.39, 0.29) is 16.8 Å². The number of carbonyl (C=O) groups is 1. The lowest BCUT2D eigenvalue weighted by molar-refractivity contribution is -0.134. The summed E-state index contributed by atoms with van der Waals surface area (Å²) < 4.78 is 5.68. The fourth-order valence-electron chi connectivity index (χ4n) is 1.81. The van der Waals surface area contributed by atoms with E-state index in [4.69, 9.17) is 4.74 Å². The molecule has 0 radical (unpaired) electrons. The lowest BCUT2D eigenvalue weighted by Gasteiger charge is -2.33. The van der Waals surface area contributed by atoms with E-state index in [9.17, 15) is 4.79 Å². The Morgan fingerprint density at radius 3 is 3.00 bits per heavy atom. The molecule has 1 aliphatic rings. The minimum Gasteiger partial charge on any atom is -0.376 e. The molecule has 0 aliphatic carbocycles. The Bertz CT molecular complexity index is 209. The van der Waals surface area contributed by atoms with Crippen LogP contribution in [0.4, 0.5) is 0 Å². The maximum absolute atomic E-state index is 11.7. The fourth-order valence-corrected chi connectivity index (χ4v) is 2.10. The SMILES string of the molecule is CCCOC1CCCN(C(=O)C(C)Br)C1. The van der Waals surface area contributed by atoms with Gasteiger partial charge in [-0.05, 0) is 26.2 Å². The minimum atomic E-state index is -0.0811. The van der Waals surface area contributed by atoms with Gasteiger partial charge in [-0.25, -0.2) is 0 Å². The first-order chi connectivity index (χ1) is 7.15. The molecule has 2 unspecified atom stereocenters. The normalized spacial score (nSPS) is 23.9. The van der Waals surface area contributed by atoms with Gasteiger partial charge >= 0.3 is 0 Å². The van der Waals surface area contributed by atoms with Gasteiger partial charge in [-0.3, -0.25) is 4.79 Å². The van der Waals surface area contributed by atoms with Crippen molar-refractivity contribution in [2.24, 2.45) is 0 Å². The summed E-state index contributed by atoms with van der Waals surface area (Å²) in [5, 5.41) is 0. The molecular weight excluding hydrogens is 258 g/mol. The van der Waals surface area contributed by atoms with Crippen LogP contribution in [0.2, 0.25) is 0 Å². The fraction of sp³-hybridized carbons (Fsp3) is 0.909. The Hall–Kier alpha value is -0.0900. The lowest BCUT2D eigenvalue weighted by atomic mass is 10.1. The predicted octanol–water partition coefficient (Wildman–Crippen LogP) is 2.19. The highest BCUT2D eigenvalue weighted by Crippen LogP contribution is 2.16. The lowest BCUT2D eigenvalue weighted by Crippen LogP contribution is -2.45. The number of ether oxygens (including phenoxy) is 1. The van der Waals surface area contributed by atoms with E-state index in [1.165, 1.54) is 0 Å². The first-order valence-electron chi connectivity index (χ1n) is 5.69. The number of rotatable bonds is 4. The highest BCUT2D eigenvalue weighted by atomic mass is 79.9. The Morgan fingerprint density at radius 2 is 2.40 bits per heavy atom. The summed E-state index contributed by atoms with van der Waals surface area (Å²) in [7, 11) is 0. The molecule has 0 N–H and O–H groups in total. The van der Waals surface area contributed by atoms with Gasteiger partial charge in [0.15, 0.2) is 0 Å². The van der Waals surface area contributed by atoms with Crippen LogP contribution >= 0.6 is 15.9 Å². The Morgan fingerprint density at radius 1 is 1.67 bits per heavy atom. The van der Waals surface area contributed by atoms with E-state index in [2.05, 4.69) is 22.9 Å². The van der Waals surface area contributed by atoms with Crippen molar-refractivity contribution in [1.29, 1.82) is 0 Å². The summed E-state index contributed by atoms with van der Waals surface area (Å²) >= 11 is 3.32. The van der Waals surface area contributed by atoms with Crippen molar-refractivity contribution in [1.82, 2.24) is 4.90 Å². The molecule has 3 nitrogen and oxygen atoms in total. The summed E-state index contributed by atoms with van der Waals surface area (Å²) in [6.07, 6.45) is 3.42. The highest BCUT2D eigenvalue weighted by molar-refractivity contribution is 9.10. The number of piperidine rings is 1. The van der Waals surface area contributed by atoms with Crippen LogP contribution in [0.25, 0.3) is 0 Å². The van der Waals surface area contributed by atoms with Crippen LogP contribution in [0.5, 0.6) is 0 Å². The average molecular weight is 278 g/mol. The van der Waals surface area contributed by atoms with Crippen molar-refractivity contribution in [2.45, 2.75) is 44.0 Å². The third-order valence-electron chi connectivity index (χ3n) is 2.59. The van der Waals surface area contributed by atoms with E-state index in [0.29, 0.717) is 0 Å². The Kier molecular flexibility index (Phi) is 5.61. The maximum atomic E-state index is 11.7. The van der Waals surface area contributed by atoms with Crippen molar-refractivity contribution in [3.05, 3.63) is 0 Å². The number of amides is 1. The van der Waals surface area contributed by atoms with Gasteiger partial charge in [-0.2, -0.15) is 0 Å². The molecule has 0 aromatic heterocycles. The smallest absolute Gasteiger partial charge is 0.236 e. The van der Waals surface area contributed by atoms with Gasteiger partial charge in [-0.15, -0.1) is 0 Å². The van der Waals surface area contributed by atoms with E-state index in [1.807, 2.05) is 11.8 Å². The van der Waals surface area contributed by atoms with Gasteiger partial charge in [0.25, 0.3) is 0 Å². The van der Waals surface area contributed by atoms with E-state index < -0.39 is 0 Å². The summed E-state index contributed by atoms with van der Waals surface area (Å²) in [5.41, 5.74) is 0. The standard InChI is InChI=1S/C11H20BrNO2/c1-3-7-15-10-5-4-6-13(8-10)11(14)9(2)12/h9-10H,3-8H2,1-2H3. The van der Waals surface area contributed by atoms with Gasteiger partial charge in [0.2, 0.25) is 5.91 Å². The Labute approximate surface area is 100 Å². The molecule has 0 spiro atoms. The number of carbonyl (C=O) groups excluding carboxylic acids is 1. The largest absolute Gasteiger partial charge is 0.376 e. The van der Waals surface area contributed by atoms with Crippen molar-refractivity contribution >= 4 is 21.8 Å². The maximum Gasteiger partial charge on any atom is 0.236 e. The molecule has 1 rings (SSSR count). The van der Waals surface area contributed by atoms with Crippen LogP contribution in [0, 0.1) is 0 Å². The van der Waals surface area contributed by atoms with Crippen LogP contribution in [0.1, 0.15) is 33.1 Å². The summed E-state index contributed by atoms with van der Waals surface area (Å²) in [6.45, 7) is 6.41. The molecule has 0 aromatic carbocycles. The van der Waals surface area contributed by atoms with Gasteiger partial charge in [-0.1, -0.05) is 22.9 Å². The van der Waals surface area contributed by atoms with Gasteiger partial charge in [0.1, 0.15) is 0 Å². The Balaban J connectivity index is 2.38. The molecule has 4 heteroatoms. The number of halogens is 1. The van der Waals surface area contributed by atoms with Crippen LogP contribution in [-0.2, 0) is 9.53 Å². The van der Waals surface area contributed by atoms with Crippen LogP contribution in [0.3, 0.4) is 0 Å². The van der Waals surface area contributed by atoms with Crippen molar-refractivity contribution in [3.63, 3.8) is 0 Å². The summed E-state index contributed by atoms with van der Waals surface area (Å²) in [5.74, 6) is 0.180.